The summed E-state index contributed by atoms with van der Waals surface area (Å²) >= 11 is 0. The van der Waals surface area contributed by atoms with Crippen molar-refractivity contribution in [2.75, 3.05) is 20.3 Å². The first-order valence-electron chi connectivity index (χ1n) is 6.54. The highest BCUT2D eigenvalue weighted by molar-refractivity contribution is 5.79. The lowest BCUT2D eigenvalue weighted by Crippen LogP contribution is -2.48. The summed E-state index contributed by atoms with van der Waals surface area (Å²) in [4.78, 5) is 4.34. The summed E-state index contributed by atoms with van der Waals surface area (Å²) in [6.45, 7) is 3.55. The number of hydrogen-bond donors (Lipinski definition) is 3. The molecule has 0 aromatic carbocycles. The van der Waals surface area contributed by atoms with Gasteiger partial charge >= 0.3 is 0 Å². The number of aliphatic imine (C=N–C) groups is 1. The fourth-order valence-corrected chi connectivity index (χ4v) is 2.26. The summed E-state index contributed by atoms with van der Waals surface area (Å²) in [5.41, 5.74) is 2.63. The van der Waals surface area contributed by atoms with Crippen LogP contribution in [0.25, 0.3) is 0 Å². The van der Waals surface area contributed by atoms with Gasteiger partial charge in [0, 0.05) is 13.2 Å². The molecule has 17 heavy (non-hydrogen) atoms. The van der Waals surface area contributed by atoms with E-state index in [0.29, 0.717) is 31.1 Å². The molecule has 0 aromatic rings. The number of hydrazine groups is 1. The van der Waals surface area contributed by atoms with Crippen molar-refractivity contribution >= 4 is 5.96 Å². The van der Waals surface area contributed by atoms with Crippen molar-refractivity contribution in [1.29, 1.82) is 0 Å². The zero-order chi connectivity index (χ0) is 12.5. The number of guanidine groups is 1. The summed E-state index contributed by atoms with van der Waals surface area (Å²) in [5.74, 6) is 6.83. The molecule has 0 radical (unpaired) electrons. The molecule has 0 amide bonds. The molecule has 0 aliphatic heterocycles. The minimum Gasteiger partial charge on any atom is -0.383 e. The Labute approximate surface area is 104 Å². The van der Waals surface area contributed by atoms with Crippen LogP contribution in [0, 0.1) is 5.92 Å². The second-order valence-corrected chi connectivity index (χ2v) is 4.73. The largest absolute Gasteiger partial charge is 0.383 e. The molecule has 0 bridgehead atoms. The summed E-state index contributed by atoms with van der Waals surface area (Å²) < 4.78 is 4.96. The molecule has 0 saturated heterocycles. The maximum absolute atomic E-state index is 5.47. The van der Waals surface area contributed by atoms with Gasteiger partial charge in [0.05, 0.1) is 13.2 Å². The van der Waals surface area contributed by atoms with E-state index in [1.165, 1.54) is 32.1 Å². The molecular weight excluding hydrogens is 216 g/mol. The Balaban J connectivity index is 2.44. The minimum atomic E-state index is 0.481. The molecular formula is C12H26N4O. The Hall–Kier alpha value is -0.810. The van der Waals surface area contributed by atoms with E-state index in [2.05, 4.69) is 22.7 Å². The molecule has 2 unspecified atom stereocenters. The minimum absolute atomic E-state index is 0.481. The van der Waals surface area contributed by atoms with E-state index < -0.39 is 0 Å². The zero-order valence-corrected chi connectivity index (χ0v) is 11.0. The highest BCUT2D eigenvalue weighted by atomic mass is 16.5. The smallest absolute Gasteiger partial charge is 0.206 e. The lowest BCUT2D eigenvalue weighted by atomic mass is 9.97. The van der Waals surface area contributed by atoms with Crippen molar-refractivity contribution in [3.05, 3.63) is 0 Å². The maximum Gasteiger partial charge on any atom is 0.206 e. The van der Waals surface area contributed by atoms with Crippen LogP contribution in [-0.2, 0) is 4.74 Å². The number of nitrogens with two attached hydrogens (primary N) is 1. The normalized spacial score (nSPS) is 26.4. The Kier molecular flexibility index (Phi) is 6.96. The summed E-state index contributed by atoms with van der Waals surface area (Å²) in [6, 6.07) is 0.481. The van der Waals surface area contributed by atoms with Gasteiger partial charge in [-0.1, -0.05) is 26.2 Å². The summed E-state index contributed by atoms with van der Waals surface area (Å²) in [7, 11) is 1.67. The third-order valence-corrected chi connectivity index (χ3v) is 3.39. The Morgan fingerprint density at radius 1 is 1.35 bits per heavy atom. The van der Waals surface area contributed by atoms with Gasteiger partial charge in [0.25, 0.3) is 0 Å². The van der Waals surface area contributed by atoms with Gasteiger partial charge in [-0.05, 0) is 18.8 Å². The Morgan fingerprint density at radius 3 is 2.82 bits per heavy atom. The predicted molar refractivity (Wildman–Crippen MR) is 70.7 cm³/mol. The second kappa shape index (κ2) is 8.31. The van der Waals surface area contributed by atoms with Gasteiger partial charge in [0.2, 0.25) is 5.96 Å². The molecule has 1 aliphatic carbocycles. The molecule has 5 heteroatoms. The van der Waals surface area contributed by atoms with Crippen LogP contribution in [0.4, 0.5) is 0 Å². The van der Waals surface area contributed by atoms with Crippen molar-refractivity contribution in [3.8, 4) is 0 Å². The van der Waals surface area contributed by atoms with Crippen LogP contribution >= 0.6 is 0 Å². The van der Waals surface area contributed by atoms with E-state index in [-0.39, 0.29) is 0 Å². The van der Waals surface area contributed by atoms with E-state index >= 15 is 0 Å². The quantitative estimate of drug-likeness (QED) is 0.172. The SMILES string of the molecule is COCCN=C(NN)NC1CCCCCC1C. The summed E-state index contributed by atoms with van der Waals surface area (Å²) in [6.07, 6.45) is 6.46. The van der Waals surface area contributed by atoms with Crippen molar-refractivity contribution in [2.24, 2.45) is 16.8 Å². The number of methoxy groups -OCH3 is 1. The van der Waals surface area contributed by atoms with E-state index in [4.69, 9.17) is 10.6 Å². The fraction of sp³-hybridized carbons (Fsp3) is 0.917. The van der Waals surface area contributed by atoms with Crippen molar-refractivity contribution < 1.29 is 4.74 Å². The lowest BCUT2D eigenvalue weighted by Gasteiger charge is -2.24. The van der Waals surface area contributed by atoms with Crippen molar-refractivity contribution in [3.63, 3.8) is 0 Å². The molecule has 1 rings (SSSR count). The molecule has 1 fully saturated rings. The third kappa shape index (κ3) is 5.37. The van der Waals surface area contributed by atoms with Gasteiger partial charge in [-0.15, -0.1) is 0 Å². The van der Waals surface area contributed by atoms with Crippen LogP contribution in [-0.4, -0.2) is 32.3 Å². The van der Waals surface area contributed by atoms with Crippen LogP contribution in [0.15, 0.2) is 4.99 Å². The third-order valence-electron chi connectivity index (χ3n) is 3.39. The van der Waals surface area contributed by atoms with Gasteiger partial charge in [-0.2, -0.15) is 0 Å². The predicted octanol–water partition coefficient (Wildman–Crippen LogP) is 1.01. The first kappa shape index (κ1) is 14.3. The second-order valence-electron chi connectivity index (χ2n) is 4.73. The Morgan fingerprint density at radius 2 is 2.12 bits per heavy atom. The molecule has 0 spiro atoms. The highest BCUT2D eigenvalue weighted by Gasteiger charge is 2.20. The van der Waals surface area contributed by atoms with E-state index in [0.717, 1.165) is 0 Å². The molecule has 0 heterocycles. The van der Waals surface area contributed by atoms with Gasteiger partial charge in [0.1, 0.15) is 0 Å². The van der Waals surface area contributed by atoms with Crippen molar-refractivity contribution in [1.82, 2.24) is 10.7 Å². The number of hydrogen-bond acceptors (Lipinski definition) is 3. The lowest BCUT2D eigenvalue weighted by molar-refractivity contribution is 0.207. The van der Waals surface area contributed by atoms with Crippen LogP contribution in [0.2, 0.25) is 0 Å². The van der Waals surface area contributed by atoms with Gasteiger partial charge < -0.3 is 10.1 Å². The van der Waals surface area contributed by atoms with Crippen LogP contribution < -0.4 is 16.6 Å². The Bertz CT molecular complexity index is 233. The first-order chi connectivity index (χ1) is 8.27. The van der Waals surface area contributed by atoms with E-state index in [1.807, 2.05) is 0 Å². The van der Waals surface area contributed by atoms with E-state index in [9.17, 15) is 0 Å². The average molecular weight is 242 g/mol. The topological polar surface area (TPSA) is 71.7 Å². The van der Waals surface area contributed by atoms with Crippen LogP contribution in [0.5, 0.6) is 0 Å². The summed E-state index contributed by atoms with van der Waals surface area (Å²) in [5, 5.41) is 3.41. The molecule has 100 valence electrons. The number of nitrogens with one attached hydrogen (secondary N) is 2. The van der Waals surface area contributed by atoms with Crippen LogP contribution in [0.1, 0.15) is 39.0 Å². The molecule has 1 saturated carbocycles. The molecule has 0 aromatic heterocycles. The molecule has 5 nitrogen and oxygen atoms in total. The van der Waals surface area contributed by atoms with E-state index in [1.54, 1.807) is 7.11 Å². The highest BCUT2D eigenvalue weighted by Crippen LogP contribution is 2.22. The van der Waals surface area contributed by atoms with Gasteiger partial charge in [-0.3, -0.25) is 5.43 Å². The van der Waals surface area contributed by atoms with Crippen LogP contribution in [0.3, 0.4) is 0 Å². The number of rotatable bonds is 4. The first-order valence-corrected chi connectivity index (χ1v) is 6.54. The molecule has 4 N–H and O–H groups in total. The fourth-order valence-electron chi connectivity index (χ4n) is 2.26. The zero-order valence-electron chi connectivity index (χ0n) is 11.0. The monoisotopic (exact) mass is 242 g/mol. The standard InChI is InChI=1S/C12H26N4O/c1-10-6-4-3-5-7-11(10)15-12(16-13)14-8-9-17-2/h10-11H,3-9,13H2,1-2H3,(H2,14,15,16). The maximum atomic E-state index is 5.47. The number of ether oxygens (including phenoxy) is 1. The van der Waals surface area contributed by atoms with Gasteiger partial charge in [-0.25, -0.2) is 10.8 Å². The average Bonchev–Trinajstić information content (AvgIpc) is 2.53. The van der Waals surface area contributed by atoms with Gasteiger partial charge in [0.15, 0.2) is 0 Å². The molecule has 1 aliphatic rings. The number of nitrogens with zero attached hydrogens (tertiary/aromatic N) is 1. The molecule has 2 atom stereocenters. The van der Waals surface area contributed by atoms with Crippen molar-refractivity contribution in [2.45, 2.75) is 45.1 Å².